The molecule has 2 unspecified atom stereocenters. The zero-order valence-electron chi connectivity index (χ0n) is 11.9. The first kappa shape index (κ1) is 14.3. The number of rotatable bonds is 4. The van der Waals surface area contributed by atoms with E-state index in [-0.39, 0.29) is 12.4 Å². The molecule has 0 saturated carbocycles. The number of Topliss-reactive ketones (excluding diaryl/α,β-unsaturated/α-hetero) is 1. The van der Waals surface area contributed by atoms with E-state index in [9.17, 15) is 9.59 Å². The molecule has 1 heterocycles. The fraction of sp³-hybridized carbons (Fsp3) is 0.375. The molecule has 0 N–H and O–H groups in total. The van der Waals surface area contributed by atoms with Gasteiger partial charge in [0.05, 0.1) is 12.5 Å². The average molecular weight is 274 g/mol. The fourth-order valence-corrected chi connectivity index (χ4v) is 2.57. The van der Waals surface area contributed by atoms with Gasteiger partial charge >= 0.3 is 5.97 Å². The third kappa shape index (κ3) is 2.59. The molecule has 0 saturated heterocycles. The van der Waals surface area contributed by atoms with Crippen LogP contribution in [0.2, 0.25) is 0 Å². The first-order chi connectivity index (χ1) is 9.56. The highest BCUT2D eigenvalue weighted by molar-refractivity contribution is 5.97. The quantitative estimate of drug-likeness (QED) is 0.792. The van der Waals surface area contributed by atoms with Crippen LogP contribution in [-0.2, 0) is 19.1 Å². The number of esters is 1. The lowest BCUT2D eigenvalue weighted by atomic mass is 9.85. The van der Waals surface area contributed by atoms with Crippen LogP contribution in [0.5, 0.6) is 0 Å². The Hall–Kier alpha value is -2.10. The smallest absolute Gasteiger partial charge is 0.348 e. The van der Waals surface area contributed by atoms with Gasteiger partial charge in [0.15, 0.2) is 5.78 Å². The molecule has 4 heteroatoms. The number of hydrogen-bond donors (Lipinski definition) is 0. The van der Waals surface area contributed by atoms with Crippen LogP contribution in [0.15, 0.2) is 41.7 Å². The maximum Gasteiger partial charge on any atom is 0.348 e. The zero-order valence-corrected chi connectivity index (χ0v) is 11.9. The van der Waals surface area contributed by atoms with E-state index >= 15 is 0 Å². The first-order valence-electron chi connectivity index (χ1n) is 6.66. The summed E-state index contributed by atoms with van der Waals surface area (Å²) < 4.78 is 10.7. The highest BCUT2D eigenvalue weighted by atomic mass is 16.6. The summed E-state index contributed by atoms with van der Waals surface area (Å²) >= 11 is 0. The van der Waals surface area contributed by atoms with Crippen LogP contribution in [0.25, 0.3) is 0 Å². The minimum atomic E-state index is -0.781. The predicted octanol–water partition coefficient (Wildman–Crippen LogP) is 2.60. The SMILES string of the molecule is CCOC(=O)C1OC(C)=C(C(C)=O)C1c1ccccc1. The Morgan fingerprint density at radius 1 is 1.25 bits per heavy atom. The molecule has 0 amide bonds. The molecule has 20 heavy (non-hydrogen) atoms. The minimum absolute atomic E-state index is 0.0804. The van der Waals surface area contributed by atoms with Gasteiger partial charge in [0, 0.05) is 5.57 Å². The Kier molecular flexibility index (Phi) is 4.23. The van der Waals surface area contributed by atoms with Gasteiger partial charge in [0.1, 0.15) is 5.76 Å². The summed E-state index contributed by atoms with van der Waals surface area (Å²) in [5.41, 5.74) is 1.43. The molecule has 4 nitrogen and oxygen atoms in total. The molecule has 1 aromatic rings. The summed E-state index contributed by atoms with van der Waals surface area (Å²) in [6.45, 7) is 5.24. The number of allylic oxidation sites excluding steroid dienone is 1. The molecular formula is C16H18O4. The summed E-state index contributed by atoms with van der Waals surface area (Å²) in [4.78, 5) is 23.9. The summed E-state index contributed by atoms with van der Waals surface area (Å²) in [5, 5.41) is 0. The number of benzene rings is 1. The fourth-order valence-electron chi connectivity index (χ4n) is 2.57. The molecule has 1 aliphatic heterocycles. The Bertz CT molecular complexity index is 545. The topological polar surface area (TPSA) is 52.6 Å². The number of carbonyl (C=O) groups is 2. The molecular weight excluding hydrogens is 256 g/mol. The second-order valence-corrected chi connectivity index (χ2v) is 4.70. The van der Waals surface area contributed by atoms with Gasteiger partial charge in [-0.1, -0.05) is 30.3 Å². The van der Waals surface area contributed by atoms with E-state index in [1.807, 2.05) is 30.3 Å². The largest absolute Gasteiger partial charge is 0.482 e. The number of hydrogen-bond acceptors (Lipinski definition) is 4. The van der Waals surface area contributed by atoms with E-state index in [4.69, 9.17) is 9.47 Å². The van der Waals surface area contributed by atoms with Crippen LogP contribution in [0.4, 0.5) is 0 Å². The van der Waals surface area contributed by atoms with Crippen molar-refractivity contribution in [2.24, 2.45) is 0 Å². The van der Waals surface area contributed by atoms with Gasteiger partial charge in [-0.3, -0.25) is 4.79 Å². The van der Waals surface area contributed by atoms with Crippen molar-refractivity contribution in [3.63, 3.8) is 0 Å². The maximum atomic E-state index is 12.1. The molecule has 0 spiro atoms. The van der Waals surface area contributed by atoms with Crippen molar-refractivity contribution in [2.75, 3.05) is 6.61 Å². The highest BCUT2D eigenvalue weighted by Crippen LogP contribution is 2.39. The standard InChI is InChI=1S/C16H18O4/c1-4-19-16(18)15-14(12-8-6-5-7-9-12)13(10(2)17)11(3)20-15/h5-9,14-15H,4H2,1-3H3. The Morgan fingerprint density at radius 2 is 1.90 bits per heavy atom. The third-order valence-corrected chi connectivity index (χ3v) is 3.35. The number of carbonyl (C=O) groups excluding carboxylic acids is 2. The molecule has 0 aromatic heterocycles. The van der Waals surface area contributed by atoms with Crippen molar-refractivity contribution in [1.29, 1.82) is 0 Å². The summed E-state index contributed by atoms with van der Waals surface area (Å²) in [6, 6.07) is 9.43. The van der Waals surface area contributed by atoms with Crippen LogP contribution in [0.1, 0.15) is 32.3 Å². The average Bonchev–Trinajstić information content (AvgIpc) is 2.78. The van der Waals surface area contributed by atoms with Gasteiger partial charge in [-0.05, 0) is 26.3 Å². The number of ether oxygens (including phenoxy) is 2. The van der Waals surface area contributed by atoms with Gasteiger partial charge in [0.25, 0.3) is 0 Å². The van der Waals surface area contributed by atoms with Gasteiger partial charge in [-0.2, -0.15) is 0 Å². The van der Waals surface area contributed by atoms with Gasteiger partial charge in [-0.25, -0.2) is 4.79 Å². The van der Waals surface area contributed by atoms with Gasteiger partial charge in [-0.15, -0.1) is 0 Å². The second-order valence-electron chi connectivity index (χ2n) is 4.70. The summed E-state index contributed by atoms with van der Waals surface area (Å²) in [6.07, 6.45) is -0.781. The molecule has 1 aromatic carbocycles. The van der Waals surface area contributed by atoms with Gasteiger partial charge in [0.2, 0.25) is 6.10 Å². The minimum Gasteiger partial charge on any atom is -0.482 e. The molecule has 0 bridgehead atoms. The third-order valence-electron chi connectivity index (χ3n) is 3.35. The van der Waals surface area contributed by atoms with Crippen molar-refractivity contribution < 1.29 is 19.1 Å². The summed E-state index contributed by atoms with van der Waals surface area (Å²) in [5.74, 6) is -0.405. The van der Waals surface area contributed by atoms with Crippen molar-refractivity contribution in [2.45, 2.75) is 32.8 Å². The van der Waals surface area contributed by atoms with Crippen LogP contribution in [0, 0.1) is 0 Å². The second kappa shape index (κ2) is 5.90. The van der Waals surface area contributed by atoms with Crippen LogP contribution in [0.3, 0.4) is 0 Å². The Morgan fingerprint density at radius 3 is 2.45 bits per heavy atom. The van der Waals surface area contributed by atoms with Crippen LogP contribution in [-0.4, -0.2) is 24.5 Å². The first-order valence-corrected chi connectivity index (χ1v) is 6.66. The molecule has 0 aliphatic carbocycles. The van der Waals surface area contributed by atoms with Crippen molar-refractivity contribution in [3.05, 3.63) is 47.2 Å². The lowest BCUT2D eigenvalue weighted by Gasteiger charge is -2.19. The van der Waals surface area contributed by atoms with E-state index < -0.39 is 18.0 Å². The van der Waals surface area contributed by atoms with E-state index in [1.54, 1.807) is 13.8 Å². The molecule has 106 valence electrons. The monoisotopic (exact) mass is 274 g/mol. The van der Waals surface area contributed by atoms with E-state index in [1.165, 1.54) is 6.92 Å². The zero-order chi connectivity index (χ0) is 14.7. The highest BCUT2D eigenvalue weighted by Gasteiger charge is 2.43. The molecule has 0 radical (unpaired) electrons. The van der Waals surface area contributed by atoms with E-state index in [2.05, 4.69) is 0 Å². The van der Waals surface area contributed by atoms with Crippen molar-refractivity contribution >= 4 is 11.8 Å². The summed E-state index contributed by atoms with van der Waals surface area (Å²) in [7, 11) is 0. The molecule has 2 atom stereocenters. The number of ketones is 1. The van der Waals surface area contributed by atoms with Crippen molar-refractivity contribution in [1.82, 2.24) is 0 Å². The predicted molar refractivity (Wildman–Crippen MR) is 74.1 cm³/mol. The molecule has 0 fully saturated rings. The molecule has 2 rings (SSSR count). The Balaban J connectivity index is 2.42. The van der Waals surface area contributed by atoms with Crippen molar-refractivity contribution in [3.8, 4) is 0 Å². The lowest BCUT2D eigenvalue weighted by molar-refractivity contribution is -0.153. The van der Waals surface area contributed by atoms with Crippen LogP contribution < -0.4 is 0 Å². The Labute approximate surface area is 118 Å². The van der Waals surface area contributed by atoms with E-state index in [0.717, 1.165) is 5.56 Å². The van der Waals surface area contributed by atoms with Crippen LogP contribution >= 0.6 is 0 Å². The maximum absolute atomic E-state index is 12.1. The van der Waals surface area contributed by atoms with E-state index in [0.29, 0.717) is 11.3 Å². The lowest BCUT2D eigenvalue weighted by Crippen LogP contribution is -2.30. The molecule has 1 aliphatic rings. The normalized spacial score (nSPS) is 21.6. The van der Waals surface area contributed by atoms with Gasteiger partial charge < -0.3 is 9.47 Å².